The Balaban J connectivity index is 0.907. The van der Waals surface area contributed by atoms with E-state index in [1.807, 2.05) is 0 Å². The highest BCUT2D eigenvalue weighted by Gasteiger charge is 2.29. The van der Waals surface area contributed by atoms with Gasteiger partial charge in [0.2, 0.25) is 0 Å². The predicted molar refractivity (Wildman–Crippen MR) is 237 cm³/mol. The van der Waals surface area contributed by atoms with Gasteiger partial charge in [-0.25, -0.2) is 0 Å². The molecule has 0 spiro atoms. The van der Waals surface area contributed by atoms with Gasteiger partial charge in [0.25, 0.3) is 0 Å². The molecular formula is C54H38N2. The molecule has 2 heteroatoms. The number of fused-ring (bicyclic) bond motifs is 11. The summed E-state index contributed by atoms with van der Waals surface area (Å²) in [4.78, 5) is 0. The number of rotatable bonds is 4. The number of hydrogen-bond donors (Lipinski definition) is 0. The van der Waals surface area contributed by atoms with Crippen molar-refractivity contribution in [1.82, 2.24) is 9.13 Å². The molecule has 0 N–H and O–H groups in total. The summed E-state index contributed by atoms with van der Waals surface area (Å²) in [5.74, 6) is 0.777. The minimum Gasteiger partial charge on any atom is -0.313 e. The van der Waals surface area contributed by atoms with Gasteiger partial charge in [0, 0.05) is 44.8 Å². The monoisotopic (exact) mass is 714 g/mol. The van der Waals surface area contributed by atoms with Gasteiger partial charge in [0.05, 0.1) is 22.1 Å². The fraction of sp³-hybridized carbons (Fsp3) is 0.0741. The number of aromatic nitrogens is 2. The number of allylic oxidation sites excluding steroid dienone is 6. The summed E-state index contributed by atoms with van der Waals surface area (Å²) in [5.41, 5.74) is 17.9. The van der Waals surface area contributed by atoms with E-state index in [2.05, 4.69) is 203 Å². The molecule has 56 heavy (non-hydrogen) atoms. The first-order valence-electron chi connectivity index (χ1n) is 19.9. The molecule has 3 aliphatic carbocycles. The number of benzene rings is 7. The second-order valence-electron chi connectivity index (χ2n) is 15.6. The van der Waals surface area contributed by atoms with Gasteiger partial charge in [-0.2, -0.15) is 0 Å². The topological polar surface area (TPSA) is 9.86 Å². The molecule has 0 bridgehead atoms. The quantitative estimate of drug-likeness (QED) is 0.172. The summed E-state index contributed by atoms with van der Waals surface area (Å²) in [6, 6.07) is 56.6. The summed E-state index contributed by atoms with van der Waals surface area (Å²) in [6.45, 7) is 0. The molecule has 7 aromatic carbocycles. The average Bonchev–Trinajstić information content (AvgIpc) is 3.78. The van der Waals surface area contributed by atoms with Gasteiger partial charge in [0.15, 0.2) is 0 Å². The molecule has 2 unspecified atom stereocenters. The molecule has 0 aliphatic heterocycles. The van der Waals surface area contributed by atoms with E-state index in [0.29, 0.717) is 11.8 Å². The molecule has 0 saturated carbocycles. The zero-order valence-corrected chi connectivity index (χ0v) is 30.9. The Morgan fingerprint density at radius 1 is 0.429 bits per heavy atom. The molecule has 9 aromatic rings. The van der Waals surface area contributed by atoms with Gasteiger partial charge in [0.1, 0.15) is 0 Å². The van der Waals surface area contributed by atoms with Crippen LogP contribution in [-0.2, 0) is 0 Å². The number of nitrogens with zero attached hydrogens (tertiary/aromatic N) is 2. The minimum absolute atomic E-state index is 0.379. The van der Waals surface area contributed by atoms with Gasteiger partial charge in [-0.1, -0.05) is 134 Å². The molecule has 264 valence electrons. The smallest absolute Gasteiger partial charge is 0.0541 e. The van der Waals surface area contributed by atoms with Crippen molar-refractivity contribution in [3.63, 3.8) is 0 Å². The van der Waals surface area contributed by atoms with Crippen molar-refractivity contribution in [2.24, 2.45) is 0 Å². The molecule has 0 saturated heterocycles. The first-order chi connectivity index (χ1) is 27.8. The van der Waals surface area contributed by atoms with E-state index in [-0.39, 0.29) is 0 Å². The summed E-state index contributed by atoms with van der Waals surface area (Å²) >= 11 is 0. The van der Waals surface area contributed by atoms with Crippen molar-refractivity contribution in [2.45, 2.75) is 24.7 Å². The number of hydrogen-bond acceptors (Lipinski definition) is 0. The molecule has 3 aliphatic rings. The molecule has 12 rings (SSSR count). The lowest BCUT2D eigenvalue weighted by atomic mass is 9.71. The number of para-hydroxylation sites is 2. The maximum atomic E-state index is 2.46. The molecular weight excluding hydrogens is 677 g/mol. The molecule has 0 fully saturated rings. The molecule has 0 radical (unpaired) electrons. The molecule has 2 atom stereocenters. The van der Waals surface area contributed by atoms with Crippen LogP contribution in [0.3, 0.4) is 0 Å². The Morgan fingerprint density at radius 2 is 0.982 bits per heavy atom. The fourth-order valence-corrected chi connectivity index (χ4v) is 9.89. The summed E-state index contributed by atoms with van der Waals surface area (Å²) < 4.78 is 4.88. The van der Waals surface area contributed by atoms with Crippen LogP contribution in [0.1, 0.15) is 46.9 Å². The van der Waals surface area contributed by atoms with Crippen LogP contribution in [0.15, 0.2) is 182 Å². The highest BCUT2D eigenvalue weighted by atomic mass is 15.0. The SMILES string of the molecule is C1=CCCC(n2c3ccccc3c3cc(-c4ccc5c(c4)c4ccccc4n5-c4ccc(-c5ccc6c(c5)C=CC5c7ccccc7C=CC65)cc4)ccc32)=C1. The van der Waals surface area contributed by atoms with E-state index in [1.54, 1.807) is 0 Å². The van der Waals surface area contributed by atoms with Crippen molar-refractivity contribution in [2.75, 3.05) is 0 Å². The molecule has 0 amide bonds. The van der Waals surface area contributed by atoms with Crippen LogP contribution in [0.2, 0.25) is 0 Å². The summed E-state index contributed by atoms with van der Waals surface area (Å²) in [6.07, 6.45) is 18.3. The lowest BCUT2D eigenvalue weighted by Crippen LogP contribution is -2.15. The van der Waals surface area contributed by atoms with Crippen molar-refractivity contribution >= 4 is 61.5 Å². The highest BCUT2D eigenvalue weighted by Crippen LogP contribution is 2.46. The van der Waals surface area contributed by atoms with Crippen LogP contribution in [-0.4, -0.2) is 9.13 Å². The van der Waals surface area contributed by atoms with Crippen molar-refractivity contribution < 1.29 is 0 Å². The largest absolute Gasteiger partial charge is 0.313 e. The minimum atomic E-state index is 0.379. The first kappa shape index (κ1) is 31.5. The summed E-state index contributed by atoms with van der Waals surface area (Å²) in [5, 5.41) is 5.13. The lowest BCUT2D eigenvalue weighted by Gasteiger charge is -2.32. The lowest BCUT2D eigenvalue weighted by molar-refractivity contribution is 0.722. The molecule has 2 heterocycles. The fourth-order valence-electron chi connectivity index (χ4n) is 9.89. The van der Waals surface area contributed by atoms with Crippen LogP contribution >= 0.6 is 0 Å². The van der Waals surface area contributed by atoms with Gasteiger partial charge in [-0.15, -0.1) is 0 Å². The van der Waals surface area contributed by atoms with Gasteiger partial charge in [-0.05, 0) is 118 Å². The Bertz CT molecular complexity index is 3190. The summed E-state index contributed by atoms with van der Waals surface area (Å²) in [7, 11) is 0. The van der Waals surface area contributed by atoms with Crippen LogP contribution in [0.25, 0.3) is 89.4 Å². The third kappa shape index (κ3) is 4.75. The average molecular weight is 715 g/mol. The van der Waals surface area contributed by atoms with E-state index >= 15 is 0 Å². The van der Waals surface area contributed by atoms with Crippen molar-refractivity contribution in [3.05, 3.63) is 204 Å². The van der Waals surface area contributed by atoms with E-state index in [9.17, 15) is 0 Å². The van der Waals surface area contributed by atoms with E-state index in [4.69, 9.17) is 0 Å². The van der Waals surface area contributed by atoms with Crippen LogP contribution < -0.4 is 0 Å². The Kier molecular flexibility index (Phi) is 6.91. The second kappa shape index (κ2) is 12.3. The van der Waals surface area contributed by atoms with Gasteiger partial charge >= 0.3 is 0 Å². The van der Waals surface area contributed by atoms with E-state index in [1.165, 1.54) is 99.5 Å². The normalized spacial score (nSPS) is 17.0. The Hall–Kier alpha value is -6.90. The van der Waals surface area contributed by atoms with Gasteiger partial charge in [-0.3, -0.25) is 0 Å². The van der Waals surface area contributed by atoms with Crippen LogP contribution in [0.5, 0.6) is 0 Å². The maximum Gasteiger partial charge on any atom is 0.0541 e. The third-order valence-electron chi connectivity index (χ3n) is 12.6. The Morgan fingerprint density at radius 3 is 1.70 bits per heavy atom. The standard InChI is InChI=1S/C54H38N2/c1-2-11-41(12-3-1)55-51-16-8-6-14-47(51)49-33-38(23-30-53(49)55)39-24-31-54-50(34-39)48-15-7-9-17-52(48)56(54)42-25-18-35(19-26-42)37-21-27-44-40(32-37)22-29-45-43-13-5-4-10-36(43)20-28-46(44)45/h1-2,4-11,13-34,45-46H,3,12H2. The molecule has 2 nitrogen and oxygen atoms in total. The zero-order valence-electron chi connectivity index (χ0n) is 30.9. The van der Waals surface area contributed by atoms with Crippen molar-refractivity contribution in [3.8, 4) is 27.9 Å². The second-order valence-corrected chi connectivity index (χ2v) is 15.6. The van der Waals surface area contributed by atoms with E-state index in [0.717, 1.165) is 12.8 Å². The molecule has 2 aromatic heterocycles. The van der Waals surface area contributed by atoms with E-state index < -0.39 is 0 Å². The third-order valence-corrected chi connectivity index (χ3v) is 12.6. The van der Waals surface area contributed by atoms with Crippen LogP contribution in [0.4, 0.5) is 0 Å². The zero-order chi connectivity index (χ0) is 36.7. The highest BCUT2D eigenvalue weighted by molar-refractivity contribution is 6.13. The Labute approximate surface area is 326 Å². The maximum absolute atomic E-state index is 2.46. The van der Waals surface area contributed by atoms with Gasteiger partial charge < -0.3 is 9.13 Å². The first-order valence-corrected chi connectivity index (χ1v) is 19.9. The van der Waals surface area contributed by atoms with Crippen molar-refractivity contribution in [1.29, 1.82) is 0 Å². The predicted octanol–water partition coefficient (Wildman–Crippen LogP) is 14.3. The van der Waals surface area contributed by atoms with Crippen LogP contribution in [0, 0.1) is 0 Å².